The maximum atomic E-state index is 8.90. The van der Waals surface area contributed by atoms with Crippen molar-refractivity contribution in [3.8, 4) is 0 Å². The van der Waals surface area contributed by atoms with Crippen molar-refractivity contribution < 1.29 is 37.1 Å². The molecule has 0 saturated carbocycles. The minimum Gasteiger partial charge on any atom is -0.448 e. The molecular formula is CH2FeO4. The first kappa shape index (κ1) is 9.23. The van der Waals surface area contributed by atoms with Gasteiger partial charge in [0.1, 0.15) is 0 Å². The van der Waals surface area contributed by atoms with Crippen LogP contribution in [-0.4, -0.2) is 16.5 Å². The molecule has 0 fully saturated rings. The monoisotopic (exact) mass is 134 g/mol. The van der Waals surface area contributed by atoms with Crippen LogP contribution in [0.2, 0.25) is 0 Å². The molecule has 0 bridgehead atoms. The Morgan fingerprint density at radius 1 is 1.67 bits per heavy atom. The molecule has 0 aromatic heterocycles. The summed E-state index contributed by atoms with van der Waals surface area (Å²) in [5.74, 6) is 0. The molecule has 2 N–H and O–H groups in total. The average Bonchev–Trinajstić information content (AvgIpc) is 1.38. The fraction of sp³-hybridized carbons (Fsp3) is 0. The van der Waals surface area contributed by atoms with Crippen LogP contribution in [0.15, 0.2) is 0 Å². The van der Waals surface area contributed by atoms with Crippen LogP contribution in [0.3, 0.4) is 0 Å². The van der Waals surface area contributed by atoms with Crippen LogP contribution in [0.25, 0.3) is 0 Å². The quantitative estimate of drug-likeness (QED) is 0.281. The van der Waals surface area contributed by atoms with E-state index in [1.54, 1.807) is 0 Å². The molecule has 38 valence electrons. The third-order valence-corrected chi connectivity index (χ3v) is 0.0781. The standard InChI is InChI=1S/CH2O4.Fe/c2-1(3)5-4;/h4H,(H,2,3);. The summed E-state index contributed by atoms with van der Waals surface area (Å²) in [7, 11) is 0. The molecule has 0 aliphatic rings. The van der Waals surface area contributed by atoms with Gasteiger partial charge in [-0.1, -0.05) is 0 Å². The molecule has 0 heterocycles. The Bertz CT molecular complexity index is 42.8. The maximum Gasteiger partial charge on any atom is 0.537 e. The molecule has 0 aliphatic heterocycles. The van der Waals surface area contributed by atoms with Crippen LogP contribution in [0.4, 0.5) is 4.79 Å². The molecule has 4 nitrogen and oxygen atoms in total. The predicted molar refractivity (Wildman–Crippen MR) is 11.7 cm³/mol. The maximum absolute atomic E-state index is 8.90. The van der Waals surface area contributed by atoms with Gasteiger partial charge in [-0.3, -0.25) is 4.89 Å². The van der Waals surface area contributed by atoms with Crippen molar-refractivity contribution in [2.24, 2.45) is 0 Å². The van der Waals surface area contributed by atoms with Gasteiger partial charge < -0.3 is 5.11 Å². The second kappa shape index (κ2) is 4.75. The number of carboxylic acid groups (broad SMARTS) is 1. The average molecular weight is 134 g/mol. The van der Waals surface area contributed by atoms with Gasteiger partial charge in [-0.2, -0.15) is 5.26 Å². The van der Waals surface area contributed by atoms with E-state index in [-0.39, 0.29) is 17.1 Å². The Morgan fingerprint density at radius 3 is 1.83 bits per heavy atom. The topological polar surface area (TPSA) is 66.8 Å². The fourth-order valence-electron chi connectivity index (χ4n) is 0. The van der Waals surface area contributed by atoms with Crippen molar-refractivity contribution in [2.45, 2.75) is 0 Å². The Balaban J connectivity index is 0. The zero-order chi connectivity index (χ0) is 4.28. The largest absolute Gasteiger partial charge is 0.537 e. The molecule has 6 heavy (non-hydrogen) atoms. The zero-order valence-corrected chi connectivity index (χ0v) is 3.67. The van der Waals surface area contributed by atoms with E-state index in [0.29, 0.717) is 0 Å². The Labute approximate surface area is 44.1 Å². The zero-order valence-electron chi connectivity index (χ0n) is 2.56. The van der Waals surface area contributed by atoms with Crippen LogP contribution in [0.5, 0.6) is 0 Å². The van der Waals surface area contributed by atoms with Crippen LogP contribution in [0, 0.1) is 0 Å². The molecule has 0 aromatic rings. The summed E-state index contributed by atoms with van der Waals surface area (Å²) < 4.78 is 0. The number of hydrogen-bond acceptors (Lipinski definition) is 3. The first-order valence-corrected chi connectivity index (χ1v) is 0.814. The first-order chi connectivity index (χ1) is 2.27. The molecular weight excluding hydrogens is 132 g/mol. The smallest absolute Gasteiger partial charge is 0.448 e. The normalized spacial score (nSPS) is 5.50. The van der Waals surface area contributed by atoms with Gasteiger partial charge in [0.15, 0.2) is 0 Å². The van der Waals surface area contributed by atoms with Gasteiger partial charge in [0.05, 0.1) is 0 Å². The predicted octanol–water partition coefficient (Wildman–Crippen LogP) is 0.151. The van der Waals surface area contributed by atoms with Gasteiger partial charge in [-0.15, -0.1) is 0 Å². The summed E-state index contributed by atoms with van der Waals surface area (Å²) in [5.41, 5.74) is 0. The second-order valence-electron chi connectivity index (χ2n) is 0.357. The third kappa shape index (κ3) is 9.26. The molecule has 0 saturated heterocycles. The summed E-state index contributed by atoms with van der Waals surface area (Å²) in [5, 5.41) is 14.3. The van der Waals surface area contributed by atoms with E-state index < -0.39 is 6.16 Å². The van der Waals surface area contributed by atoms with E-state index in [0.717, 1.165) is 0 Å². The molecule has 0 rings (SSSR count). The van der Waals surface area contributed by atoms with Crippen molar-refractivity contribution in [1.82, 2.24) is 0 Å². The molecule has 0 aromatic carbocycles. The molecule has 0 radical (unpaired) electrons. The number of hydrogen-bond donors (Lipinski definition) is 2. The van der Waals surface area contributed by atoms with Crippen molar-refractivity contribution in [1.29, 1.82) is 0 Å². The SMILES string of the molecule is O=C(O)OO.[Fe]. The molecule has 0 spiro atoms. The summed E-state index contributed by atoms with van der Waals surface area (Å²) in [6, 6.07) is 0. The van der Waals surface area contributed by atoms with Crippen LogP contribution >= 0.6 is 0 Å². The van der Waals surface area contributed by atoms with E-state index in [4.69, 9.17) is 15.2 Å². The second-order valence-corrected chi connectivity index (χ2v) is 0.357. The Hall–Kier alpha value is -0.251. The van der Waals surface area contributed by atoms with Crippen molar-refractivity contribution >= 4 is 6.16 Å². The summed E-state index contributed by atoms with van der Waals surface area (Å²) in [4.78, 5) is 11.6. The summed E-state index contributed by atoms with van der Waals surface area (Å²) in [6.45, 7) is 0. The van der Waals surface area contributed by atoms with E-state index in [1.165, 1.54) is 0 Å². The van der Waals surface area contributed by atoms with Crippen molar-refractivity contribution in [2.75, 3.05) is 0 Å². The molecule has 0 unspecified atom stereocenters. The first-order valence-electron chi connectivity index (χ1n) is 0.814. The molecule has 0 amide bonds. The molecule has 0 atom stereocenters. The Morgan fingerprint density at radius 2 is 1.83 bits per heavy atom. The summed E-state index contributed by atoms with van der Waals surface area (Å²) >= 11 is 0. The third-order valence-electron chi connectivity index (χ3n) is 0.0781. The minimum absolute atomic E-state index is 0. The number of rotatable bonds is 0. The summed E-state index contributed by atoms with van der Waals surface area (Å²) in [6.07, 6.45) is -1.69. The van der Waals surface area contributed by atoms with Gasteiger partial charge in [0.25, 0.3) is 0 Å². The van der Waals surface area contributed by atoms with Crippen LogP contribution in [-0.2, 0) is 22.0 Å². The van der Waals surface area contributed by atoms with E-state index in [9.17, 15) is 0 Å². The van der Waals surface area contributed by atoms with Crippen LogP contribution < -0.4 is 0 Å². The minimum atomic E-state index is -1.69. The van der Waals surface area contributed by atoms with Gasteiger partial charge in [-0.25, -0.2) is 4.79 Å². The van der Waals surface area contributed by atoms with Gasteiger partial charge in [0, 0.05) is 17.1 Å². The van der Waals surface area contributed by atoms with Gasteiger partial charge in [0.2, 0.25) is 0 Å². The van der Waals surface area contributed by atoms with Crippen molar-refractivity contribution in [3.63, 3.8) is 0 Å². The molecule has 5 heteroatoms. The van der Waals surface area contributed by atoms with E-state index in [2.05, 4.69) is 4.89 Å². The number of carbonyl (C=O) groups is 1. The van der Waals surface area contributed by atoms with E-state index >= 15 is 0 Å². The Kier molecular flexibility index (Phi) is 7.30. The van der Waals surface area contributed by atoms with Gasteiger partial charge in [-0.05, 0) is 0 Å². The van der Waals surface area contributed by atoms with E-state index in [1.807, 2.05) is 0 Å². The molecule has 0 aliphatic carbocycles. The van der Waals surface area contributed by atoms with Gasteiger partial charge >= 0.3 is 6.16 Å². The van der Waals surface area contributed by atoms with Crippen LogP contribution in [0.1, 0.15) is 0 Å². The fourth-order valence-corrected chi connectivity index (χ4v) is 0. The van der Waals surface area contributed by atoms with Crippen molar-refractivity contribution in [3.05, 3.63) is 0 Å².